The third-order valence-corrected chi connectivity index (χ3v) is 11.2. The van der Waals surface area contributed by atoms with Crippen LogP contribution >= 0.6 is 0 Å². The number of carbonyl (C=O) groups excluding carboxylic acids is 3. The van der Waals surface area contributed by atoms with E-state index in [9.17, 15) is 34.5 Å². The van der Waals surface area contributed by atoms with Crippen LogP contribution in [0.25, 0.3) is 0 Å². The van der Waals surface area contributed by atoms with Gasteiger partial charge in [-0.25, -0.2) is 4.79 Å². The van der Waals surface area contributed by atoms with Crippen molar-refractivity contribution in [2.24, 2.45) is 0 Å². The number of allylic oxidation sites excluding steroid dienone is 21. The standard InChI is InChI=1S/C61H92O12/c1-4-7-10-13-16-19-22-25-27-30-32-35-38-41-44-47-53(62)69-50-52(71-54(63)48-45-42-39-36-33-29-24-21-18-15-12-9-6-3)51-70-61-59(57(66)56(65)58(73-61)60(67)68)72-55(64)49-46-43-40-37-34-31-28-26-23-20-17-14-11-8-5-2/h7-8,10-12,15-17,19-21,24-28,32,34-35,37,41,44,52,56-59,61,65-66H,4-6,9,13-14,18,22-23,29-31,33,36,38-40,42-43,45-51H2,1-3H3,(H,67,68)/b10-7-,11-8-,15-12-,19-16-,20-17-,24-21-,27-25-,28-26-,35-32-,37-34-,44-41-. The molecule has 73 heavy (non-hydrogen) atoms. The van der Waals surface area contributed by atoms with Crippen LogP contribution in [-0.4, -0.2) is 89.2 Å². The number of unbranched alkanes of at least 4 members (excludes halogenated alkanes) is 8. The molecule has 408 valence electrons. The van der Waals surface area contributed by atoms with E-state index in [1.165, 1.54) is 0 Å². The number of carbonyl (C=O) groups is 4. The minimum atomic E-state index is -1.94. The van der Waals surface area contributed by atoms with Crippen LogP contribution in [0.3, 0.4) is 0 Å². The highest BCUT2D eigenvalue weighted by Crippen LogP contribution is 2.26. The van der Waals surface area contributed by atoms with Gasteiger partial charge >= 0.3 is 23.9 Å². The SMILES string of the molecule is CC/C=C\C/C=C\C/C=C\C/C=C\C/C=C\CC(=O)OCC(COC1OC(C(=O)O)C(O)C(O)C1OC(=O)CCCC/C=C\C/C=C\C/C=C\C/C=C\CC)OC(=O)CCCCCCC/C=C\C/C=C\CCC. The van der Waals surface area contributed by atoms with Crippen LogP contribution in [0.4, 0.5) is 0 Å². The van der Waals surface area contributed by atoms with Crippen molar-refractivity contribution in [2.45, 2.75) is 212 Å². The predicted molar refractivity (Wildman–Crippen MR) is 293 cm³/mol. The monoisotopic (exact) mass is 1020 g/mol. The Bertz CT molecular complexity index is 1780. The van der Waals surface area contributed by atoms with Crippen molar-refractivity contribution in [3.05, 3.63) is 134 Å². The topological polar surface area (TPSA) is 175 Å². The van der Waals surface area contributed by atoms with E-state index in [0.29, 0.717) is 25.7 Å². The van der Waals surface area contributed by atoms with Crippen LogP contribution < -0.4 is 0 Å². The van der Waals surface area contributed by atoms with Crippen LogP contribution in [0, 0.1) is 0 Å². The second-order valence-corrected chi connectivity index (χ2v) is 17.8. The molecule has 6 unspecified atom stereocenters. The van der Waals surface area contributed by atoms with Gasteiger partial charge in [-0.1, -0.05) is 180 Å². The number of hydrogen-bond acceptors (Lipinski definition) is 11. The molecule has 0 radical (unpaired) electrons. The number of carboxylic acid groups (broad SMARTS) is 1. The zero-order valence-electron chi connectivity index (χ0n) is 44.6. The maximum atomic E-state index is 13.1. The van der Waals surface area contributed by atoms with Gasteiger partial charge in [-0.3, -0.25) is 14.4 Å². The summed E-state index contributed by atoms with van der Waals surface area (Å²) in [6, 6.07) is 0. The third-order valence-electron chi connectivity index (χ3n) is 11.2. The highest BCUT2D eigenvalue weighted by atomic mass is 16.7. The summed E-state index contributed by atoms with van der Waals surface area (Å²) in [7, 11) is 0. The number of rotatable bonds is 43. The lowest BCUT2D eigenvalue weighted by atomic mass is 9.98. The van der Waals surface area contributed by atoms with E-state index < -0.39 is 67.3 Å². The lowest BCUT2D eigenvalue weighted by Crippen LogP contribution is -2.61. The Kier molecular flexibility index (Phi) is 43.2. The maximum absolute atomic E-state index is 13.1. The molecule has 0 aromatic heterocycles. The average Bonchev–Trinajstić information content (AvgIpc) is 3.37. The second-order valence-electron chi connectivity index (χ2n) is 17.8. The molecule has 0 bridgehead atoms. The van der Waals surface area contributed by atoms with Gasteiger partial charge in [-0.2, -0.15) is 0 Å². The number of aliphatic hydroxyl groups is 2. The summed E-state index contributed by atoms with van der Waals surface area (Å²) in [5.41, 5.74) is 0. The molecule has 0 aromatic carbocycles. The highest BCUT2D eigenvalue weighted by Gasteiger charge is 2.50. The lowest BCUT2D eigenvalue weighted by molar-refractivity contribution is -0.301. The Morgan fingerprint density at radius 1 is 0.479 bits per heavy atom. The summed E-state index contributed by atoms with van der Waals surface area (Å²) in [6.07, 6.45) is 54.6. The number of ether oxygens (including phenoxy) is 5. The molecule has 6 atom stereocenters. The summed E-state index contributed by atoms with van der Waals surface area (Å²) in [4.78, 5) is 50.9. The molecule has 1 fully saturated rings. The van der Waals surface area contributed by atoms with Crippen LogP contribution in [0.5, 0.6) is 0 Å². The number of esters is 3. The molecule has 1 heterocycles. The van der Waals surface area contributed by atoms with Crippen molar-refractivity contribution in [3.63, 3.8) is 0 Å². The fourth-order valence-corrected chi connectivity index (χ4v) is 7.11. The van der Waals surface area contributed by atoms with Crippen molar-refractivity contribution in [1.82, 2.24) is 0 Å². The maximum Gasteiger partial charge on any atom is 0.335 e. The van der Waals surface area contributed by atoms with Gasteiger partial charge in [0.1, 0.15) is 18.8 Å². The third kappa shape index (κ3) is 38.2. The Hall–Kier alpha value is -5.14. The lowest BCUT2D eigenvalue weighted by Gasteiger charge is -2.40. The smallest absolute Gasteiger partial charge is 0.335 e. The molecule has 3 N–H and O–H groups in total. The Balaban J connectivity index is 2.82. The highest BCUT2D eigenvalue weighted by molar-refractivity contribution is 5.74. The molecule has 1 rings (SSSR count). The average molecular weight is 1020 g/mol. The van der Waals surface area contributed by atoms with Crippen molar-refractivity contribution in [2.75, 3.05) is 13.2 Å². The zero-order valence-corrected chi connectivity index (χ0v) is 44.6. The molecular formula is C61H92O12. The minimum Gasteiger partial charge on any atom is -0.479 e. The van der Waals surface area contributed by atoms with Gasteiger partial charge < -0.3 is 39.0 Å². The zero-order chi connectivity index (χ0) is 53.3. The number of aliphatic carboxylic acids is 1. The summed E-state index contributed by atoms with van der Waals surface area (Å²) in [5.74, 6) is -3.39. The molecule has 0 aromatic rings. The molecule has 12 heteroatoms. The number of carboxylic acids is 1. The Morgan fingerprint density at radius 2 is 0.904 bits per heavy atom. The van der Waals surface area contributed by atoms with Gasteiger partial charge in [0.25, 0.3) is 0 Å². The molecule has 0 aliphatic carbocycles. The van der Waals surface area contributed by atoms with Crippen LogP contribution in [0.15, 0.2) is 134 Å². The molecule has 12 nitrogen and oxygen atoms in total. The number of aliphatic hydroxyl groups excluding tert-OH is 2. The predicted octanol–water partition coefficient (Wildman–Crippen LogP) is 13.4. The molecule has 1 saturated heterocycles. The quantitative estimate of drug-likeness (QED) is 0.0228. The van der Waals surface area contributed by atoms with E-state index in [1.807, 2.05) is 18.2 Å². The number of hydrogen-bond donors (Lipinski definition) is 3. The van der Waals surface area contributed by atoms with E-state index in [1.54, 1.807) is 6.08 Å². The van der Waals surface area contributed by atoms with Crippen molar-refractivity contribution < 1.29 is 58.2 Å². The normalized spacial score (nSPS) is 19.4. The fourth-order valence-electron chi connectivity index (χ4n) is 7.11. The van der Waals surface area contributed by atoms with E-state index in [0.717, 1.165) is 109 Å². The van der Waals surface area contributed by atoms with Gasteiger partial charge in [0.2, 0.25) is 0 Å². The van der Waals surface area contributed by atoms with Gasteiger partial charge in [-0.15, -0.1) is 0 Å². The molecule has 1 aliphatic rings. The van der Waals surface area contributed by atoms with E-state index in [-0.39, 0.29) is 25.9 Å². The van der Waals surface area contributed by atoms with Gasteiger partial charge in [0.15, 0.2) is 24.6 Å². The largest absolute Gasteiger partial charge is 0.479 e. The molecule has 1 aliphatic heterocycles. The minimum absolute atomic E-state index is 0.00987. The van der Waals surface area contributed by atoms with Crippen LogP contribution in [0.1, 0.15) is 175 Å². The first kappa shape index (κ1) is 65.9. The van der Waals surface area contributed by atoms with E-state index >= 15 is 0 Å². The van der Waals surface area contributed by atoms with Crippen molar-refractivity contribution >= 4 is 23.9 Å². The summed E-state index contributed by atoms with van der Waals surface area (Å²) in [5, 5.41) is 31.4. The summed E-state index contributed by atoms with van der Waals surface area (Å²) >= 11 is 0. The summed E-state index contributed by atoms with van der Waals surface area (Å²) in [6.45, 7) is 5.54. The molecular weight excluding hydrogens is 925 g/mol. The summed E-state index contributed by atoms with van der Waals surface area (Å²) < 4.78 is 28.1. The molecule has 0 saturated carbocycles. The first-order valence-corrected chi connectivity index (χ1v) is 27.2. The van der Waals surface area contributed by atoms with Gasteiger partial charge in [0.05, 0.1) is 13.0 Å². The van der Waals surface area contributed by atoms with Crippen LogP contribution in [0.2, 0.25) is 0 Å². The first-order valence-electron chi connectivity index (χ1n) is 27.2. The second kappa shape index (κ2) is 47.8. The molecule has 0 amide bonds. The Morgan fingerprint density at radius 3 is 1.41 bits per heavy atom. The molecule has 0 spiro atoms. The van der Waals surface area contributed by atoms with Crippen molar-refractivity contribution in [1.29, 1.82) is 0 Å². The fraction of sp³-hybridized carbons (Fsp3) is 0.574. The van der Waals surface area contributed by atoms with Gasteiger partial charge in [-0.05, 0) is 109 Å². The van der Waals surface area contributed by atoms with Crippen LogP contribution in [-0.2, 0) is 42.9 Å². The first-order chi connectivity index (χ1) is 35.6. The van der Waals surface area contributed by atoms with Crippen molar-refractivity contribution in [3.8, 4) is 0 Å². The van der Waals surface area contributed by atoms with E-state index in [2.05, 4.69) is 130 Å². The van der Waals surface area contributed by atoms with E-state index in [4.69, 9.17) is 23.7 Å². The van der Waals surface area contributed by atoms with Gasteiger partial charge in [0, 0.05) is 12.8 Å². The Labute approximate surface area is 439 Å².